The van der Waals surface area contributed by atoms with Gasteiger partial charge in [-0.25, -0.2) is 0 Å². The number of nitrogens with zero attached hydrogens (tertiary/aromatic N) is 2. The fourth-order valence-electron chi connectivity index (χ4n) is 2.65. The molecule has 0 aliphatic rings. The van der Waals surface area contributed by atoms with E-state index in [1.807, 2.05) is 42.2 Å². The standard InChI is InChI=1S/C17H28N2O2/c1-4-18(5-2)13-10-14-19(6-3)16(17(20)21)15-11-8-7-9-12-15/h7-9,11-12,16H,4-6,10,13-14H2,1-3H3,(H,20,21). The van der Waals surface area contributed by atoms with Gasteiger partial charge in [-0.05, 0) is 38.2 Å². The number of carbonyl (C=O) groups is 1. The van der Waals surface area contributed by atoms with Crippen molar-refractivity contribution in [1.29, 1.82) is 0 Å². The van der Waals surface area contributed by atoms with Crippen LogP contribution in [-0.4, -0.2) is 53.6 Å². The van der Waals surface area contributed by atoms with E-state index in [4.69, 9.17) is 0 Å². The third-order valence-corrected chi connectivity index (χ3v) is 3.93. The van der Waals surface area contributed by atoms with Crippen molar-refractivity contribution < 1.29 is 9.90 Å². The number of carboxylic acids is 1. The van der Waals surface area contributed by atoms with Gasteiger partial charge in [-0.15, -0.1) is 0 Å². The molecule has 1 aromatic carbocycles. The van der Waals surface area contributed by atoms with Gasteiger partial charge in [0.05, 0.1) is 0 Å². The minimum Gasteiger partial charge on any atom is -0.480 e. The lowest BCUT2D eigenvalue weighted by atomic mass is 10.1. The molecule has 1 N–H and O–H groups in total. The van der Waals surface area contributed by atoms with E-state index in [9.17, 15) is 9.90 Å². The SMILES string of the molecule is CCN(CC)CCCN(CC)C(C(=O)O)c1ccccc1. The van der Waals surface area contributed by atoms with E-state index in [1.165, 1.54) is 0 Å². The van der Waals surface area contributed by atoms with E-state index in [1.54, 1.807) is 0 Å². The van der Waals surface area contributed by atoms with Gasteiger partial charge >= 0.3 is 5.97 Å². The maximum atomic E-state index is 11.7. The van der Waals surface area contributed by atoms with Gasteiger partial charge < -0.3 is 10.0 Å². The van der Waals surface area contributed by atoms with Gasteiger partial charge in [0.25, 0.3) is 0 Å². The molecule has 1 rings (SSSR count). The van der Waals surface area contributed by atoms with Crippen LogP contribution in [0.5, 0.6) is 0 Å². The summed E-state index contributed by atoms with van der Waals surface area (Å²) < 4.78 is 0. The van der Waals surface area contributed by atoms with Crippen LogP contribution >= 0.6 is 0 Å². The largest absolute Gasteiger partial charge is 0.480 e. The second-order valence-electron chi connectivity index (χ2n) is 5.16. The summed E-state index contributed by atoms with van der Waals surface area (Å²) in [5.41, 5.74) is 0.856. The Kier molecular flexibility index (Phi) is 8.01. The highest BCUT2D eigenvalue weighted by Crippen LogP contribution is 2.21. The first-order valence-corrected chi connectivity index (χ1v) is 7.88. The molecule has 1 unspecified atom stereocenters. The minimum absolute atomic E-state index is 0.548. The van der Waals surface area contributed by atoms with Crippen LogP contribution in [0.3, 0.4) is 0 Å². The molecule has 1 aromatic rings. The van der Waals surface area contributed by atoms with Crippen molar-refractivity contribution in [2.45, 2.75) is 33.2 Å². The Balaban J connectivity index is 2.68. The number of hydrogen-bond donors (Lipinski definition) is 1. The lowest BCUT2D eigenvalue weighted by Crippen LogP contribution is -2.36. The zero-order valence-corrected chi connectivity index (χ0v) is 13.5. The number of benzene rings is 1. The van der Waals surface area contributed by atoms with Gasteiger partial charge in [-0.1, -0.05) is 51.1 Å². The first kappa shape index (κ1) is 17.7. The summed E-state index contributed by atoms with van der Waals surface area (Å²) in [4.78, 5) is 16.1. The Bertz CT molecular complexity index is 405. The van der Waals surface area contributed by atoms with Crippen LogP contribution in [-0.2, 0) is 4.79 Å². The Morgan fingerprint density at radius 3 is 2.14 bits per heavy atom. The molecular formula is C17H28N2O2. The molecule has 0 amide bonds. The molecular weight excluding hydrogens is 264 g/mol. The van der Waals surface area contributed by atoms with Crippen LogP contribution in [0.2, 0.25) is 0 Å². The maximum absolute atomic E-state index is 11.7. The maximum Gasteiger partial charge on any atom is 0.325 e. The Morgan fingerprint density at radius 1 is 1.05 bits per heavy atom. The molecule has 0 aliphatic heterocycles. The monoisotopic (exact) mass is 292 g/mol. The molecule has 0 aromatic heterocycles. The summed E-state index contributed by atoms with van der Waals surface area (Å²) in [6.07, 6.45) is 0.992. The Hall–Kier alpha value is -1.39. The predicted octanol–water partition coefficient (Wildman–Crippen LogP) is 2.87. The molecule has 4 nitrogen and oxygen atoms in total. The number of hydrogen-bond acceptors (Lipinski definition) is 3. The van der Waals surface area contributed by atoms with Crippen molar-refractivity contribution in [3.05, 3.63) is 35.9 Å². The summed E-state index contributed by atoms with van der Waals surface area (Å²) in [7, 11) is 0. The Labute approximate surface area is 128 Å². The van der Waals surface area contributed by atoms with Crippen LogP contribution < -0.4 is 0 Å². The lowest BCUT2D eigenvalue weighted by molar-refractivity contribution is -0.143. The zero-order chi connectivity index (χ0) is 15.7. The van der Waals surface area contributed by atoms with Crippen LogP contribution in [0, 0.1) is 0 Å². The average Bonchev–Trinajstić information content (AvgIpc) is 2.51. The molecule has 0 heterocycles. The Morgan fingerprint density at radius 2 is 1.67 bits per heavy atom. The van der Waals surface area contributed by atoms with Gasteiger partial charge in [0, 0.05) is 6.54 Å². The summed E-state index contributed by atoms with van der Waals surface area (Å²) in [5.74, 6) is -0.772. The minimum atomic E-state index is -0.772. The van der Waals surface area contributed by atoms with Crippen molar-refractivity contribution in [3.8, 4) is 0 Å². The molecule has 0 fully saturated rings. The fraction of sp³-hybridized carbons (Fsp3) is 0.588. The lowest BCUT2D eigenvalue weighted by Gasteiger charge is -2.29. The molecule has 0 spiro atoms. The van der Waals surface area contributed by atoms with Crippen molar-refractivity contribution in [1.82, 2.24) is 9.80 Å². The summed E-state index contributed by atoms with van der Waals surface area (Å²) in [6, 6.07) is 8.95. The average molecular weight is 292 g/mol. The van der Waals surface area contributed by atoms with Crippen molar-refractivity contribution in [3.63, 3.8) is 0 Å². The van der Waals surface area contributed by atoms with E-state index >= 15 is 0 Å². The first-order chi connectivity index (χ1) is 10.1. The van der Waals surface area contributed by atoms with Gasteiger partial charge in [0.1, 0.15) is 6.04 Å². The van der Waals surface area contributed by atoms with Gasteiger partial charge in [-0.3, -0.25) is 9.69 Å². The fourth-order valence-corrected chi connectivity index (χ4v) is 2.65. The molecule has 0 saturated carbocycles. The van der Waals surface area contributed by atoms with E-state index in [0.29, 0.717) is 0 Å². The summed E-state index contributed by atoms with van der Waals surface area (Å²) in [6.45, 7) is 11.0. The molecule has 1 atom stereocenters. The molecule has 0 saturated heterocycles. The first-order valence-electron chi connectivity index (χ1n) is 7.88. The molecule has 4 heteroatoms. The van der Waals surface area contributed by atoms with E-state index in [0.717, 1.165) is 44.7 Å². The third kappa shape index (κ3) is 5.48. The summed E-state index contributed by atoms with van der Waals surface area (Å²) >= 11 is 0. The third-order valence-electron chi connectivity index (χ3n) is 3.93. The van der Waals surface area contributed by atoms with Crippen LogP contribution in [0.25, 0.3) is 0 Å². The van der Waals surface area contributed by atoms with Gasteiger partial charge in [0.2, 0.25) is 0 Å². The van der Waals surface area contributed by atoms with Crippen LogP contribution in [0.4, 0.5) is 0 Å². The number of aliphatic carboxylic acids is 1. The quantitative estimate of drug-likeness (QED) is 0.720. The van der Waals surface area contributed by atoms with E-state index in [-0.39, 0.29) is 0 Å². The van der Waals surface area contributed by atoms with Crippen molar-refractivity contribution in [2.75, 3.05) is 32.7 Å². The molecule has 0 bridgehead atoms. The normalized spacial score (nSPS) is 12.8. The second kappa shape index (κ2) is 9.53. The predicted molar refractivity (Wildman–Crippen MR) is 86.5 cm³/mol. The second-order valence-corrected chi connectivity index (χ2v) is 5.16. The van der Waals surface area contributed by atoms with E-state index in [2.05, 4.69) is 18.7 Å². The van der Waals surface area contributed by atoms with Crippen molar-refractivity contribution >= 4 is 5.97 Å². The molecule has 0 aliphatic carbocycles. The number of rotatable bonds is 10. The highest BCUT2D eigenvalue weighted by molar-refractivity contribution is 5.75. The summed E-state index contributed by atoms with van der Waals surface area (Å²) in [5, 5.41) is 9.58. The van der Waals surface area contributed by atoms with Crippen molar-refractivity contribution in [2.24, 2.45) is 0 Å². The van der Waals surface area contributed by atoms with Crippen LogP contribution in [0.1, 0.15) is 38.8 Å². The molecule has 118 valence electrons. The topological polar surface area (TPSA) is 43.8 Å². The van der Waals surface area contributed by atoms with Crippen LogP contribution in [0.15, 0.2) is 30.3 Å². The van der Waals surface area contributed by atoms with Gasteiger partial charge in [0.15, 0.2) is 0 Å². The van der Waals surface area contributed by atoms with E-state index < -0.39 is 12.0 Å². The molecule has 21 heavy (non-hydrogen) atoms. The highest BCUT2D eigenvalue weighted by Gasteiger charge is 2.25. The smallest absolute Gasteiger partial charge is 0.325 e. The number of likely N-dealkylation sites (N-methyl/N-ethyl adjacent to an activating group) is 1. The van der Waals surface area contributed by atoms with Gasteiger partial charge in [-0.2, -0.15) is 0 Å². The highest BCUT2D eigenvalue weighted by atomic mass is 16.4. The molecule has 0 radical (unpaired) electrons. The number of carboxylic acid groups (broad SMARTS) is 1. The zero-order valence-electron chi connectivity index (χ0n) is 13.5.